The van der Waals surface area contributed by atoms with Crippen molar-refractivity contribution in [3.05, 3.63) is 40.4 Å². The van der Waals surface area contributed by atoms with E-state index in [1.165, 1.54) is 16.9 Å². The molecule has 8 heteroatoms. The van der Waals surface area contributed by atoms with E-state index in [0.29, 0.717) is 18.2 Å². The Morgan fingerprint density at radius 3 is 2.59 bits per heavy atom. The fourth-order valence-corrected chi connectivity index (χ4v) is 2.92. The first-order chi connectivity index (χ1) is 10.7. The van der Waals surface area contributed by atoms with Gasteiger partial charge in [0.1, 0.15) is 5.51 Å². The molecule has 0 radical (unpaired) electrons. The Balaban J connectivity index is 1.47. The Morgan fingerprint density at radius 2 is 1.95 bits per heavy atom. The fourth-order valence-electron chi connectivity index (χ4n) is 2.36. The molecule has 0 spiro atoms. The molecule has 0 aliphatic carbocycles. The lowest BCUT2D eigenvalue weighted by molar-refractivity contribution is 0.143. The van der Waals surface area contributed by atoms with Crippen LogP contribution in [0.2, 0.25) is 5.02 Å². The molecule has 1 aromatic carbocycles. The van der Waals surface area contributed by atoms with Crippen LogP contribution in [-0.2, 0) is 6.54 Å². The van der Waals surface area contributed by atoms with E-state index in [-0.39, 0.29) is 6.03 Å². The molecule has 116 valence electrons. The first-order valence-electron chi connectivity index (χ1n) is 6.99. The second-order valence-corrected chi connectivity index (χ2v) is 6.33. The molecule has 0 atom stereocenters. The van der Waals surface area contributed by atoms with E-state index < -0.39 is 0 Å². The molecular weight excluding hydrogens is 322 g/mol. The summed E-state index contributed by atoms with van der Waals surface area (Å²) in [4.78, 5) is 16.2. The van der Waals surface area contributed by atoms with Crippen LogP contribution >= 0.6 is 22.9 Å². The molecule has 1 aromatic heterocycles. The van der Waals surface area contributed by atoms with Gasteiger partial charge < -0.3 is 4.90 Å². The smallest absolute Gasteiger partial charge is 0.322 e. The van der Waals surface area contributed by atoms with Gasteiger partial charge in [-0.1, -0.05) is 35.1 Å². The number of hydrogen-bond donors (Lipinski definition) is 1. The Kier molecular flexibility index (Phi) is 4.87. The maximum atomic E-state index is 12.1. The lowest BCUT2D eigenvalue weighted by atomic mass is 10.2. The highest BCUT2D eigenvalue weighted by Gasteiger charge is 2.21. The molecule has 2 amide bonds. The molecule has 1 saturated heterocycles. The lowest BCUT2D eigenvalue weighted by Crippen LogP contribution is -2.49. The van der Waals surface area contributed by atoms with Crippen molar-refractivity contribution in [3.8, 4) is 0 Å². The minimum absolute atomic E-state index is 0.108. The van der Waals surface area contributed by atoms with Crippen molar-refractivity contribution in [3.63, 3.8) is 0 Å². The molecule has 1 aliphatic rings. The zero-order valence-corrected chi connectivity index (χ0v) is 13.5. The Labute approximate surface area is 137 Å². The van der Waals surface area contributed by atoms with Gasteiger partial charge in [0.25, 0.3) is 0 Å². The van der Waals surface area contributed by atoms with Gasteiger partial charge in [-0.25, -0.2) is 4.79 Å². The van der Waals surface area contributed by atoms with Crippen LogP contribution < -0.4 is 5.32 Å². The van der Waals surface area contributed by atoms with Gasteiger partial charge in [0.05, 0.1) is 0 Å². The quantitative estimate of drug-likeness (QED) is 0.935. The van der Waals surface area contributed by atoms with Crippen LogP contribution in [0.3, 0.4) is 0 Å². The van der Waals surface area contributed by atoms with Crippen LogP contribution in [0.15, 0.2) is 29.8 Å². The highest BCUT2D eigenvalue weighted by atomic mass is 35.5. The van der Waals surface area contributed by atoms with Crippen molar-refractivity contribution >= 4 is 34.1 Å². The van der Waals surface area contributed by atoms with Gasteiger partial charge in [-0.05, 0) is 17.7 Å². The van der Waals surface area contributed by atoms with E-state index in [1.54, 1.807) is 10.4 Å². The highest BCUT2D eigenvalue weighted by molar-refractivity contribution is 7.13. The average molecular weight is 338 g/mol. The topological polar surface area (TPSA) is 61.4 Å². The Hall–Kier alpha value is -1.70. The number of halogens is 1. The fraction of sp³-hybridized carbons (Fsp3) is 0.357. The minimum Gasteiger partial charge on any atom is -0.322 e. The number of benzene rings is 1. The second kappa shape index (κ2) is 7.04. The van der Waals surface area contributed by atoms with Gasteiger partial charge in [-0.3, -0.25) is 10.2 Å². The van der Waals surface area contributed by atoms with Gasteiger partial charge in [0.2, 0.25) is 5.13 Å². The summed E-state index contributed by atoms with van der Waals surface area (Å²) in [6.07, 6.45) is 0. The third-order valence-electron chi connectivity index (χ3n) is 3.55. The summed E-state index contributed by atoms with van der Waals surface area (Å²) in [5, 5.41) is 11.6. The number of anilines is 1. The van der Waals surface area contributed by atoms with Crippen LogP contribution in [-0.4, -0.2) is 52.2 Å². The number of hydrogen-bond acceptors (Lipinski definition) is 5. The summed E-state index contributed by atoms with van der Waals surface area (Å²) in [5.74, 6) is 0. The third kappa shape index (κ3) is 3.94. The van der Waals surface area contributed by atoms with Crippen LogP contribution in [0.5, 0.6) is 0 Å². The van der Waals surface area contributed by atoms with Crippen molar-refractivity contribution in [1.82, 2.24) is 20.0 Å². The second-order valence-electron chi connectivity index (χ2n) is 5.06. The number of rotatable bonds is 3. The molecule has 1 N–H and O–H groups in total. The molecular formula is C14H16ClN5OS. The van der Waals surface area contributed by atoms with Crippen molar-refractivity contribution in [2.24, 2.45) is 0 Å². The van der Waals surface area contributed by atoms with Crippen molar-refractivity contribution in [1.29, 1.82) is 0 Å². The van der Waals surface area contributed by atoms with Crippen LogP contribution in [0.25, 0.3) is 0 Å². The van der Waals surface area contributed by atoms with Crippen molar-refractivity contribution < 1.29 is 4.79 Å². The van der Waals surface area contributed by atoms with Gasteiger partial charge in [0, 0.05) is 37.7 Å². The zero-order chi connectivity index (χ0) is 15.4. The summed E-state index contributed by atoms with van der Waals surface area (Å²) >= 11 is 7.21. The zero-order valence-electron chi connectivity index (χ0n) is 11.9. The van der Waals surface area contributed by atoms with E-state index >= 15 is 0 Å². The summed E-state index contributed by atoms with van der Waals surface area (Å²) in [7, 11) is 0. The van der Waals surface area contributed by atoms with E-state index in [1.807, 2.05) is 24.3 Å². The van der Waals surface area contributed by atoms with E-state index in [0.717, 1.165) is 24.7 Å². The van der Waals surface area contributed by atoms with Gasteiger partial charge in [-0.15, -0.1) is 10.2 Å². The van der Waals surface area contributed by atoms with Crippen LogP contribution in [0, 0.1) is 0 Å². The normalized spacial score (nSPS) is 15.8. The SMILES string of the molecule is O=C(Nc1nncs1)N1CCN(Cc2ccc(Cl)cc2)CC1. The largest absolute Gasteiger partial charge is 0.323 e. The average Bonchev–Trinajstić information content (AvgIpc) is 3.03. The standard InChI is InChI=1S/C14H16ClN5OS/c15-12-3-1-11(2-4-12)9-19-5-7-20(8-6-19)14(21)17-13-18-16-10-22-13/h1-4,10H,5-9H2,(H,17,18,21). The van der Waals surface area contributed by atoms with E-state index in [9.17, 15) is 4.79 Å². The minimum atomic E-state index is -0.108. The summed E-state index contributed by atoms with van der Waals surface area (Å²) < 4.78 is 0. The van der Waals surface area contributed by atoms with Crippen molar-refractivity contribution in [2.75, 3.05) is 31.5 Å². The molecule has 1 aliphatic heterocycles. The van der Waals surface area contributed by atoms with Gasteiger partial charge in [-0.2, -0.15) is 0 Å². The molecule has 22 heavy (non-hydrogen) atoms. The number of amides is 2. The molecule has 2 aromatic rings. The van der Waals surface area contributed by atoms with Gasteiger partial charge in [0.15, 0.2) is 0 Å². The molecule has 0 unspecified atom stereocenters. The predicted molar refractivity (Wildman–Crippen MR) is 87.2 cm³/mol. The van der Waals surface area contributed by atoms with E-state index in [4.69, 9.17) is 11.6 Å². The third-order valence-corrected chi connectivity index (χ3v) is 4.41. The molecule has 3 rings (SSSR count). The molecule has 6 nitrogen and oxygen atoms in total. The summed E-state index contributed by atoms with van der Waals surface area (Å²) in [6.45, 7) is 4.00. The highest BCUT2D eigenvalue weighted by Crippen LogP contribution is 2.14. The molecule has 1 fully saturated rings. The maximum absolute atomic E-state index is 12.1. The van der Waals surface area contributed by atoms with Gasteiger partial charge >= 0.3 is 6.03 Å². The van der Waals surface area contributed by atoms with Crippen LogP contribution in [0.4, 0.5) is 9.93 Å². The maximum Gasteiger partial charge on any atom is 0.323 e. The molecule has 0 bridgehead atoms. The summed E-state index contributed by atoms with van der Waals surface area (Å²) in [6, 6.07) is 7.78. The number of carbonyl (C=O) groups is 1. The first-order valence-corrected chi connectivity index (χ1v) is 8.25. The first kappa shape index (κ1) is 15.2. The summed E-state index contributed by atoms with van der Waals surface area (Å²) in [5.41, 5.74) is 2.83. The Bertz CT molecular complexity index is 611. The molecule has 2 heterocycles. The van der Waals surface area contributed by atoms with Crippen molar-refractivity contribution in [2.45, 2.75) is 6.54 Å². The number of nitrogens with one attached hydrogen (secondary N) is 1. The lowest BCUT2D eigenvalue weighted by Gasteiger charge is -2.34. The predicted octanol–water partition coefficient (Wildman–Crippen LogP) is 2.54. The van der Waals surface area contributed by atoms with Crippen LogP contribution in [0.1, 0.15) is 5.56 Å². The molecule has 0 saturated carbocycles. The number of carbonyl (C=O) groups excluding carboxylic acids is 1. The number of aromatic nitrogens is 2. The number of piperazine rings is 1. The Morgan fingerprint density at radius 1 is 1.23 bits per heavy atom. The monoisotopic (exact) mass is 337 g/mol. The van der Waals surface area contributed by atoms with E-state index in [2.05, 4.69) is 20.4 Å². The number of nitrogens with zero attached hydrogens (tertiary/aromatic N) is 4. The number of urea groups is 1.